The molecule has 0 bridgehead atoms. The average Bonchev–Trinajstić information content (AvgIpc) is 2.74. The van der Waals surface area contributed by atoms with Gasteiger partial charge in [0.25, 0.3) is 0 Å². The number of hydrogen-bond donors (Lipinski definition) is 0. The van der Waals surface area contributed by atoms with Crippen molar-refractivity contribution in [3.63, 3.8) is 0 Å². The molecule has 0 N–H and O–H groups in total. The van der Waals surface area contributed by atoms with E-state index in [1.165, 1.54) is 0 Å². The van der Waals surface area contributed by atoms with Crippen LogP contribution in [-0.2, 0) is 0 Å². The molecule has 1 aromatic rings. The zero-order valence-electron chi connectivity index (χ0n) is 19.2. The molecule has 1 saturated heterocycles. The Balaban J connectivity index is 2.96. The van der Waals surface area contributed by atoms with Gasteiger partial charge in [-0.2, -0.15) is 0 Å². The van der Waals surface area contributed by atoms with Crippen molar-refractivity contribution in [1.82, 2.24) is 4.98 Å². The van der Waals surface area contributed by atoms with Gasteiger partial charge in [0.05, 0.1) is 2.74 Å². The summed E-state index contributed by atoms with van der Waals surface area (Å²) in [6.45, 7) is -7.06. The Morgan fingerprint density at radius 3 is 3.62 bits per heavy atom. The minimum atomic E-state index is -3.68. The van der Waals surface area contributed by atoms with Gasteiger partial charge < -0.3 is 4.90 Å². The third-order valence-electron chi connectivity index (χ3n) is 1.25. The van der Waals surface area contributed by atoms with Crippen molar-refractivity contribution in [2.24, 2.45) is 0 Å². The number of piperidine rings is 1. The molecule has 0 aromatic carbocycles. The van der Waals surface area contributed by atoms with E-state index in [0.29, 0.717) is 11.3 Å². The molecule has 13 heavy (non-hydrogen) atoms. The van der Waals surface area contributed by atoms with Gasteiger partial charge in [-0.1, -0.05) is 0 Å². The van der Waals surface area contributed by atoms with Gasteiger partial charge in [-0.15, -0.1) is 11.3 Å². The molecule has 0 aliphatic carbocycles. The van der Waals surface area contributed by atoms with Gasteiger partial charge in [-0.25, -0.2) is 4.98 Å². The summed E-state index contributed by atoms with van der Waals surface area (Å²) in [7, 11) is 0. The first-order chi connectivity index (χ1) is 11.3. The number of hydrogen-bond acceptors (Lipinski definition) is 3. The Labute approximate surface area is 109 Å². The summed E-state index contributed by atoms with van der Waals surface area (Å²) >= 11 is 3.30. The largest absolute Gasteiger partial charge is 0.345 e. The highest BCUT2D eigenvalue weighted by Gasteiger charge is 2.20. The van der Waals surface area contributed by atoms with E-state index in [0.717, 1.165) is 0 Å². The third-order valence-corrected chi connectivity index (χ3v) is 2.64. The quantitative estimate of drug-likeness (QED) is 0.781. The molecular weight excluding hydrogens is 248 g/mol. The second-order valence-corrected chi connectivity index (χ2v) is 3.58. The van der Waals surface area contributed by atoms with Crippen LogP contribution in [0.5, 0.6) is 0 Å². The molecule has 1 aliphatic rings. The van der Waals surface area contributed by atoms with Crippen molar-refractivity contribution in [3.8, 4) is 0 Å². The van der Waals surface area contributed by atoms with E-state index in [2.05, 4.69) is 20.9 Å². The zero-order chi connectivity index (χ0) is 20.7. The number of halogens is 1. The smallest absolute Gasteiger partial charge is 0.186 e. The van der Waals surface area contributed by atoms with Crippen LogP contribution in [0.1, 0.15) is 43.8 Å². The van der Waals surface area contributed by atoms with Crippen LogP contribution in [-0.4, -0.2) is 17.5 Å². The standard InChI is InChI=1S/C9H13BrN2S/c1-7-4-2-3-5-12(7)9-11-8(10)6-13-9/h6-7H,2-5H2,1H3/i1D3,2D2,3D2,4D2,5D2,6D,7D. The first-order valence-electron chi connectivity index (χ1n) is 9.72. The zero-order valence-corrected chi connectivity index (χ0v) is 8.58. The van der Waals surface area contributed by atoms with Gasteiger partial charge in [-0.3, -0.25) is 0 Å². The minimum Gasteiger partial charge on any atom is -0.345 e. The molecule has 2 heterocycles. The van der Waals surface area contributed by atoms with Crippen LogP contribution in [0.4, 0.5) is 5.13 Å². The molecule has 0 radical (unpaired) electrons. The van der Waals surface area contributed by atoms with E-state index < -0.39 is 43.6 Å². The lowest BCUT2D eigenvalue weighted by Gasteiger charge is -2.32. The Kier molecular flexibility index (Phi) is 0.771. The highest BCUT2D eigenvalue weighted by Crippen LogP contribution is 2.29. The molecule has 2 rings (SSSR count). The first kappa shape index (κ1) is 2.53. The summed E-state index contributed by atoms with van der Waals surface area (Å²) in [4.78, 5) is 3.73. The third kappa shape index (κ3) is 2.05. The summed E-state index contributed by atoms with van der Waals surface area (Å²) in [6, 6.07) is -3.57. The second kappa shape index (κ2) is 3.96. The van der Waals surface area contributed by atoms with Crippen LogP contribution in [0.2, 0.25) is 0 Å². The number of thiazole rings is 1. The molecule has 2 nitrogen and oxygen atoms in total. The van der Waals surface area contributed by atoms with Gasteiger partial charge in [-0.05, 0) is 41.9 Å². The van der Waals surface area contributed by atoms with Gasteiger partial charge in [0.15, 0.2) is 5.13 Å². The lowest BCUT2D eigenvalue weighted by molar-refractivity contribution is 0.484. The summed E-state index contributed by atoms with van der Waals surface area (Å²) in [5, 5.41) is -0.903. The van der Waals surface area contributed by atoms with Crippen molar-refractivity contribution in [2.45, 2.75) is 32.0 Å². The van der Waals surface area contributed by atoms with Crippen molar-refractivity contribution >= 4 is 32.4 Å². The van der Waals surface area contributed by atoms with E-state index in [9.17, 15) is 0 Å². The fourth-order valence-corrected chi connectivity index (χ4v) is 1.86. The lowest BCUT2D eigenvalue weighted by atomic mass is 10.1. The molecule has 72 valence electrons. The Bertz CT molecular complexity index is 708. The number of anilines is 1. The van der Waals surface area contributed by atoms with E-state index in [4.69, 9.17) is 17.8 Å². The molecule has 0 amide bonds. The fourth-order valence-electron chi connectivity index (χ4n) is 0.743. The molecule has 1 fully saturated rings. The van der Waals surface area contributed by atoms with Crippen LogP contribution in [0, 0.1) is 0 Å². The lowest BCUT2D eigenvalue weighted by Crippen LogP contribution is -2.37. The van der Waals surface area contributed by atoms with Gasteiger partial charge in [0, 0.05) is 32.9 Å². The Hall–Kier alpha value is -0.0900. The van der Waals surface area contributed by atoms with Crippen molar-refractivity contribution in [2.75, 3.05) is 11.4 Å². The second-order valence-electron chi connectivity index (χ2n) is 2.06. The molecule has 0 saturated carbocycles. The number of nitrogens with zero attached hydrogens (tertiary/aromatic N) is 2. The highest BCUT2D eigenvalue weighted by atomic mass is 79.9. The maximum absolute atomic E-state index is 8.37. The van der Waals surface area contributed by atoms with E-state index in [1.807, 2.05) is 0 Å². The summed E-state index contributed by atoms with van der Waals surface area (Å²) in [6.07, 6.45) is -10.9. The Morgan fingerprint density at radius 1 is 2.00 bits per heavy atom. The first-order valence-corrected chi connectivity index (χ1v) is 4.82. The normalized spacial score (nSPS) is 60.4. The predicted octanol–water partition coefficient (Wildman–Crippen LogP) is 3.28. The monoisotopic (exact) mass is 273 g/mol. The van der Waals surface area contributed by atoms with Crippen LogP contribution in [0.15, 0.2) is 9.96 Å². The van der Waals surface area contributed by atoms with E-state index in [1.54, 1.807) is 0 Å². The topological polar surface area (TPSA) is 16.1 Å². The fraction of sp³-hybridized carbons (Fsp3) is 0.667. The molecule has 1 aliphatic heterocycles. The SMILES string of the molecule is [2H]c1sc(N2C([2H])([2H])C([2H])([2H])C([2H])([2H])C([2H])([2H])C2([2H])C([2H])([2H])[2H])nc1Br. The molecule has 1 atom stereocenters. The van der Waals surface area contributed by atoms with E-state index in [-0.39, 0.29) is 14.9 Å². The van der Waals surface area contributed by atoms with Gasteiger partial charge >= 0.3 is 0 Å². The van der Waals surface area contributed by atoms with Crippen LogP contribution < -0.4 is 4.90 Å². The van der Waals surface area contributed by atoms with Crippen molar-refractivity contribution in [3.05, 3.63) is 9.96 Å². The maximum atomic E-state index is 8.37. The molecule has 1 unspecified atom stereocenters. The minimum absolute atomic E-state index is 0.00178. The predicted molar refractivity (Wildman–Crippen MR) is 60.5 cm³/mol. The Morgan fingerprint density at radius 2 is 2.92 bits per heavy atom. The van der Waals surface area contributed by atoms with Gasteiger partial charge in [0.2, 0.25) is 0 Å². The molecule has 0 spiro atoms. The van der Waals surface area contributed by atoms with Crippen molar-refractivity contribution < 1.29 is 17.8 Å². The molecule has 1 aromatic heterocycles. The van der Waals surface area contributed by atoms with Gasteiger partial charge in [0.1, 0.15) is 4.60 Å². The number of rotatable bonds is 1. The van der Waals surface area contributed by atoms with Crippen LogP contribution >= 0.6 is 27.3 Å². The van der Waals surface area contributed by atoms with E-state index >= 15 is 0 Å². The van der Waals surface area contributed by atoms with Crippen molar-refractivity contribution in [1.29, 1.82) is 0 Å². The molecule has 4 heteroatoms. The number of aromatic nitrogens is 1. The maximum Gasteiger partial charge on any atom is 0.186 e. The highest BCUT2D eigenvalue weighted by molar-refractivity contribution is 9.10. The summed E-state index contributed by atoms with van der Waals surface area (Å²) < 4.78 is 102. The summed E-state index contributed by atoms with van der Waals surface area (Å²) in [5.41, 5.74) is 0. The molecular formula is C9H13BrN2S. The average molecular weight is 274 g/mol. The van der Waals surface area contributed by atoms with Crippen LogP contribution in [0.25, 0.3) is 0 Å². The summed E-state index contributed by atoms with van der Waals surface area (Å²) in [5.74, 6) is 0. The van der Waals surface area contributed by atoms with Crippen LogP contribution in [0.3, 0.4) is 0 Å².